The minimum Gasteiger partial charge on any atom is -0.496 e. The number of ether oxygens (including phenoxy) is 1. The predicted molar refractivity (Wildman–Crippen MR) is 102 cm³/mol. The molecule has 0 aliphatic heterocycles. The summed E-state index contributed by atoms with van der Waals surface area (Å²) in [4.78, 5) is 19.9. The maximum absolute atomic E-state index is 12.3. The van der Waals surface area contributed by atoms with Crippen LogP contribution >= 0.6 is 0 Å². The van der Waals surface area contributed by atoms with Crippen LogP contribution in [-0.4, -0.2) is 35.6 Å². The first-order chi connectivity index (χ1) is 12.7. The van der Waals surface area contributed by atoms with Crippen LogP contribution in [0.2, 0.25) is 0 Å². The van der Waals surface area contributed by atoms with Crippen molar-refractivity contribution in [3.8, 4) is 5.75 Å². The van der Waals surface area contributed by atoms with E-state index in [4.69, 9.17) is 4.74 Å². The molecule has 1 fully saturated rings. The number of hydrogen-bond donors (Lipinski definition) is 3. The second kappa shape index (κ2) is 7.07. The van der Waals surface area contributed by atoms with Gasteiger partial charge < -0.3 is 20.4 Å². The summed E-state index contributed by atoms with van der Waals surface area (Å²) < 4.78 is 5.44. The standard InChI is InChI=1S/C20H22N4O2/c1-26-17-4-2-3-16-19(17)13(11-22-16)9-10-21-20(25)14-5-8-18(23-12-14)24-15-6-7-15/h2-5,8,11-12,15,22H,6-7,9-10H2,1H3,(H,21,25)(H,23,24). The van der Waals surface area contributed by atoms with E-state index in [-0.39, 0.29) is 5.91 Å². The summed E-state index contributed by atoms with van der Waals surface area (Å²) in [5.74, 6) is 1.56. The Kier molecular flexibility index (Phi) is 4.48. The minimum absolute atomic E-state index is 0.109. The zero-order chi connectivity index (χ0) is 17.9. The summed E-state index contributed by atoms with van der Waals surface area (Å²) >= 11 is 0. The van der Waals surface area contributed by atoms with E-state index < -0.39 is 0 Å². The van der Waals surface area contributed by atoms with E-state index in [1.54, 1.807) is 13.3 Å². The van der Waals surface area contributed by atoms with Gasteiger partial charge in [-0.05, 0) is 49.1 Å². The summed E-state index contributed by atoms with van der Waals surface area (Å²) in [7, 11) is 1.67. The van der Waals surface area contributed by atoms with Gasteiger partial charge >= 0.3 is 0 Å². The number of hydrogen-bond acceptors (Lipinski definition) is 4. The molecular weight excluding hydrogens is 328 g/mol. The quantitative estimate of drug-likeness (QED) is 0.612. The Hall–Kier alpha value is -3.02. The number of benzene rings is 1. The maximum atomic E-state index is 12.3. The largest absolute Gasteiger partial charge is 0.496 e. The van der Waals surface area contributed by atoms with Crippen molar-refractivity contribution in [2.45, 2.75) is 25.3 Å². The van der Waals surface area contributed by atoms with Gasteiger partial charge in [-0.2, -0.15) is 0 Å². The highest BCUT2D eigenvalue weighted by Crippen LogP contribution is 2.28. The van der Waals surface area contributed by atoms with Gasteiger partial charge in [0.2, 0.25) is 0 Å². The van der Waals surface area contributed by atoms with Crippen molar-refractivity contribution in [3.05, 3.63) is 53.9 Å². The van der Waals surface area contributed by atoms with Crippen molar-refractivity contribution in [2.75, 3.05) is 19.0 Å². The number of nitrogens with zero attached hydrogens (tertiary/aromatic N) is 1. The molecule has 6 heteroatoms. The number of carbonyl (C=O) groups excluding carboxylic acids is 1. The monoisotopic (exact) mass is 350 g/mol. The zero-order valence-corrected chi connectivity index (χ0v) is 14.7. The maximum Gasteiger partial charge on any atom is 0.252 e. The van der Waals surface area contributed by atoms with Gasteiger partial charge in [0, 0.05) is 35.9 Å². The van der Waals surface area contributed by atoms with Crippen LogP contribution in [0.25, 0.3) is 10.9 Å². The fraction of sp³-hybridized carbons (Fsp3) is 0.300. The van der Waals surface area contributed by atoms with Crippen LogP contribution in [0.5, 0.6) is 5.75 Å². The molecule has 3 N–H and O–H groups in total. The highest BCUT2D eigenvalue weighted by molar-refractivity contribution is 5.94. The van der Waals surface area contributed by atoms with Gasteiger partial charge in [-0.3, -0.25) is 4.79 Å². The second-order valence-corrected chi connectivity index (χ2v) is 6.55. The van der Waals surface area contributed by atoms with E-state index in [9.17, 15) is 4.79 Å². The fourth-order valence-electron chi connectivity index (χ4n) is 3.05. The molecular formula is C20H22N4O2. The van der Waals surface area contributed by atoms with E-state index in [2.05, 4.69) is 20.6 Å². The number of methoxy groups -OCH3 is 1. The third-order valence-corrected chi connectivity index (χ3v) is 4.60. The smallest absolute Gasteiger partial charge is 0.252 e. The first-order valence-electron chi connectivity index (χ1n) is 8.88. The normalized spacial score (nSPS) is 13.6. The Labute approximate surface area is 152 Å². The van der Waals surface area contributed by atoms with Crippen molar-refractivity contribution in [2.24, 2.45) is 0 Å². The highest BCUT2D eigenvalue weighted by atomic mass is 16.5. The van der Waals surface area contributed by atoms with Gasteiger partial charge in [-0.15, -0.1) is 0 Å². The van der Waals surface area contributed by atoms with E-state index in [1.165, 1.54) is 12.8 Å². The molecule has 0 spiro atoms. The Morgan fingerprint density at radius 2 is 2.19 bits per heavy atom. The topological polar surface area (TPSA) is 79.0 Å². The summed E-state index contributed by atoms with van der Waals surface area (Å²) in [6, 6.07) is 10.1. The van der Waals surface area contributed by atoms with Crippen molar-refractivity contribution in [1.29, 1.82) is 0 Å². The van der Waals surface area contributed by atoms with E-state index in [1.807, 2.05) is 36.5 Å². The molecule has 2 heterocycles. The lowest BCUT2D eigenvalue weighted by Gasteiger charge is -2.08. The molecule has 0 unspecified atom stereocenters. The molecule has 0 atom stereocenters. The summed E-state index contributed by atoms with van der Waals surface area (Å²) in [6.45, 7) is 0.548. The van der Waals surface area contributed by atoms with Crippen molar-refractivity contribution < 1.29 is 9.53 Å². The van der Waals surface area contributed by atoms with Crippen LogP contribution in [-0.2, 0) is 6.42 Å². The average molecular weight is 350 g/mol. The van der Waals surface area contributed by atoms with Crippen LogP contribution in [0.4, 0.5) is 5.82 Å². The first-order valence-corrected chi connectivity index (χ1v) is 8.88. The van der Waals surface area contributed by atoms with Crippen molar-refractivity contribution in [3.63, 3.8) is 0 Å². The molecule has 1 aliphatic rings. The third kappa shape index (κ3) is 3.49. The molecule has 0 saturated heterocycles. The predicted octanol–water partition coefficient (Wildman–Crippen LogP) is 3.12. The van der Waals surface area contributed by atoms with Gasteiger partial charge in [0.1, 0.15) is 11.6 Å². The Morgan fingerprint density at radius 3 is 2.92 bits per heavy atom. The van der Waals surface area contributed by atoms with Crippen LogP contribution in [0.1, 0.15) is 28.8 Å². The Bertz CT molecular complexity index is 913. The van der Waals surface area contributed by atoms with Crippen LogP contribution in [0, 0.1) is 0 Å². The number of rotatable bonds is 7. The summed E-state index contributed by atoms with van der Waals surface area (Å²) in [5, 5.41) is 7.34. The van der Waals surface area contributed by atoms with Gasteiger partial charge in [-0.25, -0.2) is 4.98 Å². The van der Waals surface area contributed by atoms with E-state index in [0.29, 0.717) is 18.2 Å². The minimum atomic E-state index is -0.109. The molecule has 1 aromatic carbocycles. The number of aromatic amines is 1. The molecule has 6 nitrogen and oxygen atoms in total. The lowest BCUT2D eigenvalue weighted by molar-refractivity contribution is 0.0954. The Balaban J connectivity index is 1.36. The summed E-state index contributed by atoms with van der Waals surface area (Å²) in [5.41, 5.74) is 2.73. The van der Waals surface area contributed by atoms with Crippen LogP contribution in [0.15, 0.2) is 42.7 Å². The van der Waals surface area contributed by atoms with Gasteiger partial charge in [0.15, 0.2) is 0 Å². The van der Waals surface area contributed by atoms with Gasteiger partial charge in [0.05, 0.1) is 12.7 Å². The lowest BCUT2D eigenvalue weighted by atomic mass is 10.1. The van der Waals surface area contributed by atoms with Gasteiger partial charge in [-0.1, -0.05) is 6.07 Å². The number of fused-ring (bicyclic) bond motifs is 1. The molecule has 1 aliphatic carbocycles. The summed E-state index contributed by atoms with van der Waals surface area (Å²) in [6.07, 6.45) is 6.71. The molecule has 134 valence electrons. The molecule has 3 aromatic rings. The average Bonchev–Trinajstić information content (AvgIpc) is 3.39. The molecule has 2 aromatic heterocycles. The molecule has 0 radical (unpaired) electrons. The number of pyridine rings is 1. The first kappa shape index (κ1) is 16.4. The number of anilines is 1. The van der Waals surface area contributed by atoms with Gasteiger partial charge in [0.25, 0.3) is 5.91 Å². The van der Waals surface area contributed by atoms with Crippen LogP contribution < -0.4 is 15.4 Å². The number of amides is 1. The molecule has 0 bridgehead atoms. The number of H-pyrrole nitrogens is 1. The van der Waals surface area contributed by atoms with E-state index in [0.717, 1.165) is 34.5 Å². The Morgan fingerprint density at radius 1 is 1.31 bits per heavy atom. The molecule has 1 saturated carbocycles. The SMILES string of the molecule is COc1cccc2[nH]cc(CCNC(=O)c3ccc(NC4CC4)nc3)c12. The molecule has 4 rings (SSSR count). The highest BCUT2D eigenvalue weighted by Gasteiger charge is 2.21. The van der Waals surface area contributed by atoms with Crippen molar-refractivity contribution in [1.82, 2.24) is 15.3 Å². The lowest BCUT2D eigenvalue weighted by Crippen LogP contribution is -2.25. The number of carbonyl (C=O) groups is 1. The molecule has 26 heavy (non-hydrogen) atoms. The number of nitrogens with one attached hydrogen (secondary N) is 3. The number of aromatic nitrogens is 2. The second-order valence-electron chi connectivity index (χ2n) is 6.55. The fourth-order valence-corrected chi connectivity index (χ4v) is 3.05. The van der Waals surface area contributed by atoms with Crippen molar-refractivity contribution >= 4 is 22.6 Å². The molecule has 1 amide bonds. The zero-order valence-electron chi connectivity index (χ0n) is 14.7. The third-order valence-electron chi connectivity index (χ3n) is 4.60. The van der Waals surface area contributed by atoms with Crippen LogP contribution in [0.3, 0.4) is 0 Å². The van der Waals surface area contributed by atoms with E-state index >= 15 is 0 Å².